The van der Waals surface area contributed by atoms with Crippen LogP contribution in [0, 0.1) is 0 Å². The zero-order valence-corrected chi connectivity index (χ0v) is 80.0. The molecule has 618 valence electrons. The molecule has 0 unspecified atom stereocenters. The molecule has 0 spiro atoms. The van der Waals surface area contributed by atoms with Crippen LogP contribution in [0.15, 0.2) is 0 Å². The molecule has 0 aromatic carbocycles. The van der Waals surface area contributed by atoms with Crippen molar-refractivity contribution in [1.82, 2.24) is 31.9 Å². The zero-order chi connectivity index (χ0) is 76.6. The van der Waals surface area contributed by atoms with Crippen LogP contribution in [0.1, 0.15) is 465 Å². The number of rotatable bonds is 72. The summed E-state index contributed by atoms with van der Waals surface area (Å²) in [6.07, 6.45) is 91.1. The molecule has 0 amide bonds. The monoisotopic (exact) mass is 1740 g/mol. The molecule has 0 atom stereocenters. The molecule has 0 aromatic rings. The van der Waals surface area contributed by atoms with E-state index in [1.165, 1.54) is 424 Å². The second-order valence-electron chi connectivity index (χ2n) is 28.5. The third kappa shape index (κ3) is 146. The van der Waals surface area contributed by atoms with Crippen LogP contribution in [0.25, 0.3) is 0 Å². The topological polar surface area (TPSA) is 72.2 Å². The van der Waals surface area contributed by atoms with Crippen LogP contribution >= 0.6 is 73.3 Å². The minimum Gasteiger partial charge on any atom is -0.412 e. The Morgan fingerprint density at radius 1 is 0.146 bits per heavy atom. The average molecular weight is 1740 g/mol. The van der Waals surface area contributed by atoms with Crippen molar-refractivity contribution in [3.8, 4) is 0 Å². The molecule has 19 heteroatoms. The summed E-state index contributed by atoms with van der Waals surface area (Å²) in [4.78, 5) is 0. The van der Waals surface area contributed by atoms with Gasteiger partial charge in [-0.05, 0) is 38.5 Å². The molecule has 0 aromatic heterocycles. The van der Waals surface area contributed by atoms with Crippen molar-refractivity contribution < 1.29 is 21.1 Å². The van der Waals surface area contributed by atoms with Gasteiger partial charge in [-0.15, -0.1) is 0 Å². The van der Waals surface area contributed by atoms with Crippen molar-refractivity contribution in [2.24, 2.45) is 0 Å². The molecule has 0 fully saturated rings. The summed E-state index contributed by atoms with van der Waals surface area (Å²) in [6.45, 7) is 19.4. The molecule has 0 radical (unpaired) electrons. The minimum atomic E-state index is 0. The van der Waals surface area contributed by atoms with Gasteiger partial charge in [0.15, 0.2) is 0 Å². The Morgan fingerprint density at radius 3 is 0.282 bits per heavy atom. The Balaban J connectivity index is -0.000000214. The summed E-state index contributed by atoms with van der Waals surface area (Å²) in [5, 5.41) is 18.1. The molecular weight excluding hydrogens is 1570 g/mol. The van der Waals surface area contributed by atoms with Gasteiger partial charge in [0.1, 0.15) is 0 Å². The van der Waals surface area contributed by atoms with Gasteiger partial charge in [0.05, 0.1) is 0 Å². The summed E-state index contributed by atoms with van der Waals surface area (Å²) in [6, 6.07) is 0. The Bertz CT molecular complexity index is 1330. The first kappa shape index (κ1) is 118. The molecule has 103 heavy (non-hydrogen) atoms. The van der Waals surface area contributed by atoms with Gasteiger partial charge in [-0.25, -0.2) is 0 Å². The van der Waals surface area contributed by atoms with Crippen LogP contribution in [0.3, 0.4) is 0 Å². The van der Waals surface area contributed by atoms with E-state index in [1.54, 1.807) is 0 Å². The van der Waals surface area contributed by atoms with Crippen LogP contribution in [-0.4, -0.2) is 65.2 Å². The van der Waals surface area contributed by atoms with Gasteiger partial charge in [-0.2, -0.15) is 0 Å². The predicted molar refractivity (Wildman–Crippen MR) is 507 cm³/mol. The van der Waals surface area contributed by atoms with Crippen LogP contribution < -0.4 is 31.9 Å². The average Bonchev–Trinajstić information content (AvgIpc) is 3.71. The summed E-state index contributed by atoms with van der Waals surface area (Å²) >= 11 is 57.3. The third-order valence-corrected chi connectivity index (χ3v) is 20.0. The molecule has 0 aliphatic rings. The maximum absolute atomic E-state index is 4.78. The zero-order valence-electron chi connectivity index (χ0n) is 68.2. The van der Waals surface area contributed by atoms with Crippen molar-refractivity contribution in [1.29, 1.82) is 0 Å². The molecule has 0 bridgehead atoms. The number of unbranched alkanes of at least 4 members (excludes halogenated alkanes) is 60. The van der Waals surface area contributed by atoms with Crippen molar-refractivity contribution in [3.05, 3.63) is 0 Å². The van der Waals surface area contributed by atoms with E-state index in [-0.39, 0.29) is 21.1 Å². The Kier molecular flexibility index (Phi) is 130. The quantitative estimate of drug-likeness (QED) is 0.0151. The fourth-order valence-corrected chi connectivity index (χ4v) is 13.1. The fraction of sp³-hybridized carbons (Fsp3) is 0.929. The molecule has 0 aliphatic heterocycles. The van der Waals surface area contributed by atoms with E-state index in [0.717, 1.165) is 39.3 Å². The number of hydrogen-bond donors (Lipinski definition) is 6. The second-order valence-corrected chi connectivity index (χ2v) is 34.9. The van der Waals surface area contributed by atoms with E-state index in [4.69, 9.17) is 149 Å². The van der Waals surface area contributed by atoms with Crippen LogP contribution in [0.4, 0.5) is 0 Å². The van der Waals surface area contributed by atoms with Gasteiger partial charge in [-0.1, -0.05) is 453 Å². The first-order valence-corrected chi connectivity index (χ1v) is 48.2. The standard InChI is InChI=1S/6C14H29NS2.Mo/c6*1-2-3-4-5-6-7-8-9-10-11-12-13-15-14(16)17;/h6*2-13H2,1H3,(H2,15,16,17);/p-6. The van der Waals surface area contributed by atoms with Crippen LogP contribution in [0.2, 0.25) is 0 Å². The smallest absolute Gasteiger partial charge is 0.0132 e. The van der Waals surface area contributed by atoms with Gasteiger partial charge in [0.25, 0.3) is 0 Å². The molecule has 6 nitrogen and oxygen atoms in total. The predicted octanol–water partition coefficient (Wildman–Crippen LogP) is 28.3. The summed E-state index contributed by atoms with van der Waals surface area (Å²) in [5.41, 5.74) is 0. The van der Waals surface area contributed by atoms with Crippen LogP contribution in [0.5, 0.6) is 0 Å². The second kappa shape index (κ2) is 114. The number of thiocarbonyl (C=S) groups is 6. The minimum absolute atomic E-state index is 0. The first-order valence-electron chi connectivity index (χ1n) is 43.3. The Morgan fingerprint density at radius 2 is 0.214 bits per heavy atom. The van der Waals surface area contributed by atoms with Crippen molar-refractivity contribution in [2.75, 3.05) is 39.3 Å². The van der Waals surface area contributed by atoms with Gasteiger partial charge in [0, 0.05) is 60.3 Å². The fourth-order valence-electron chi connectivity index (χ4n) is 11.9. The normalized spacial score (nSPS) is 10.3. The van der Waals surface area contributed by atoms with E-state index >= 15 is 0 Å². The third-order valence-electron chi connectivity index (χ3n) is 18.3. The van der Waals surface area contributed by atoms with Gasteiger partial charge in [0.2, 0.25) is 0 Å². The van der Waals surface area contributed by atoms with Crippen molar-refractivity contribution in [2.45, 2.75) is 465 Å². The van der Waals surface area contributed by atoms with E-state index in [1.807, 2.05) is 0 Å². The molecule has 0 heterocycles. The molecule has 0 aliphatic carbocycles. The van der Waals surface area contributed by atoms with E-state index in [9.17, 15) is 0 Å². The molecule has 0 rings (SSSR count). The van der Waals surface area contributed by atoms with E-state index in [0.29, 0.717) is 25.9 Å². The molecule has 6 N–H and O–H groups in total. The molecule has 0 saturated heterocycles. The van der Waals surface area contributed by atoms with E-state index in [2.05, 4.69) is 73.4 Å². The van der Waals surface area contributed by atoms with Crippen molar-refractivity contribution >= 4 is 175 Å². The summed E-state index contributed by atoms with van der Waals surface area (Å²) < 4.78 is 3.07. The van der Waals surface area contributed by atoms with Crippen molar-refractivity contribution in [3.63, 3.8) is 0 Å². The summed E-state index contributed by atoms with van der Waals surface area (Å²) in [5.74, 6) is 0. The molecule has 0 saturated carbocycles. The molecular formula is C84H168MoN6S12-6. The van der Waals surface area contributed by atoms with Gasteiger partial charge < -0.3 is 181 Å². The van der Waals surface area contributed by atoms with Crippen LogP contribution in [-0.2, 0) is 96.8 Å². The number of hydrogen-bond acceptors (Lipinski definition) is 12. The van der Waals surface area contributed by atoms with E-state index < -0.39 is 0 Å². The Labute approximate surface area is 725 Å². The summed E-state index contributed by atoms with van der Waals surface area (Å²) in [7, 11) is 0. The van der Waals surface area contributed by atoms with Gasteiger partial charge in [-0.3, -0.25) is 0 Å². The maximum atomic E-state index is 4.78. The SMILES string of the molecule is CCCCCCCCCCCCCNC(=S)[S-].CCCCCCCCCCCCCNC(=S)[S-].CCCCCCCCCCCCCNC(=S)[S-].CCCCCCCCCCCCCNC(=S)[S-].CCCCCCCCCCCCCNC(=S)[S-].CCCCCCCCCCCCCNC(=S)[S-].[Mo]. The largest absolute Gasteiger partial charge is 0.412 e. The number of nitrogens with one attached hydrogen (secondary N) is 6. The first-order chi connectivity index (χ1) is 49.6. The van der Waals surface area contributed by atoms with Gasteiger partial charge >= 0.3 is 0 Å². The maximum Gasteiger partial charge on any atom is 0.0132 e. The Hall–Kier alpha value is 1.35.